The van der Waals surface area contributed by atoms with Crippen LogP contribution in [0.25, 0.3) is 27.9 Å². The van der Waals surface area contributed by atoms with Crippen molar-refractivity contribution in [2.24, 2.45) is 7.05 Å². The van der Waals surface area contributed by atoms with Crippen molar-refractivity contribution >= 4 is 51.3 Å². The molecule has 0 amide bonds. The third-order valence-corrected chi connectivity index (χ3v) is 6.67. The molecule has 5 aromatic rings. The molecule has 0 unspecified atom stereocenters. The number of carbonyl (C=O) groups is 2. The third kappa shape index (κ3) is 3.84. The average Bonchev–Trinajstić information content (AvgIpc) is 3.55. The highest BCUT2D eigenvalue weighted by atomic mass is 35.5. The predicted octanol–water partition coefficient (Wildman–Crippen LogP) is 6.73. The molecule has 3 heterocycles. The van der Waals surface area contributed by atoms with Gasteiger partial charge in [-0.15, -0.1) is 0 Å². The van der Waals surface area contributed by atoms with Crippen LogP contribution in [0.1, 0.15) is 32.0 Å². The molecule has 6 rings (SSSR count). The molecule has 1 aliphatic rings. The van der Waals surface area contributed by atoms with Gasteiger partial charge in [0.25, 0.3) is 0 Å². The number of carbonyl (C=O) groups excluding carboxylic acids is 2. The summed E-state index contributed by atoms with van der Waals surface area (Å²) in [6, 6.07) is 15.6. The minimum Gasteiger partial charge on any atom is -0.497 e. The van der Waals surface area contributed by atoms with Crippen LogP contribution < -0.4 is 14.2 Å². The molecule has 0 saturated heterocycles. The van der Waals surface area contributed by atoms with Crippen molar-refractivity contribution in [1.29, 1.82) is 0 Å². The smallest absolute Gasteiger partial charge is 0.379 e. The van der Waals surface area contributed by atoms with Gasteiger partial charge in [0.15, 0.2) is 5.76 Å². The summed E-state index contributed by atoms with van der Waals surface area (Å²) >= 11 is 6.02. The number of benzene rings is 3. The molecule has 8 heteroatoms. The number of aromatic nitrogens is 1. The minimum absolute atomic E-state index is 0.0427. The second-order valence-electron chi connectivity index (χ2n) is 8.77. The van der Waals surface area contributed by atoms with Crippen LogP contribution in [0.3, 0.4) is 0 Å². The molecule has 2 aromatic heterocycles. The number of fused-ring (bicyclic) bond motifs is 3. The van der Waals surface area contributed by atoms with Crippen LogP contribution in [0.15, 0.2) is 71.0 Å². The van der Waals surface area contributed by atoms with Crippen molar-refractivity contribution in [2.75, 3.05) is 7.11 Å². The first-order valence-corrected chi connectivity index (χ1v) is 11.8. The lowest BCUT2D eigenvalue weighted by atomic mass is 10.1. The van der Waals surface area contributed by atoms with E-state index in [0.29, 0.717) is 32.9 Å². The zero-order chi connectivity index (χ0) is 25.8. The maximum Gasteiger partial charge on any atom is 0.379 e. The quantitative estimate of drug-likeness (QED) is 0.150. The van der Waals surface area contributed by atoms with Crippen LogP contribution in [0.2, 0.25) is 5.02 Å². The first-order valence-electron chi connectivity index (χ1n) is 11.4. The van der Waals surface area contributed by atoms with Gasteiger partial charge in [-0.05, 0) is 67.6 Å². The fourth-order valence-electron chi connectivity index (χ4n) is 4.53. The largest absolute Gasteiger partial charge is 0.497 e. The Morgan fingerprint density at radius 3 is 2.73 bits per heavy atom. The Kier molecular flexibility index (Phi) is 5.31. The number of halogens is 1. The van der Waals surface area contributed by atoms with E-state index in [2.05, 4.69) is 0 Å². The SMILES string of the molecule is COc1ccc2c(c1)c(/C=C1\Oc3c(ccc(OC(=O)c4cc5cc(Cl)ccc5o4)c3C)C1=O)cn2C. The van der Waals surface area contributed by atoms with Gasteiger partial charge in [0.2, 0.25) is 11.5 Å². The zero-order valence-electron chi connectivity index (χ0n) is 20.1. The highest BCUT2D eigenvalue weighted by molar-refractivity contribution is 6.31. The van der Waals surface area contributed by atoms with Crippen LogP contribution in [-0.2, 0) is 7.05 Å². The molecule has 184 valence electrons. The molecule has 0 fully saturated rings. The second-order valence-corrected chi connectivity index (χ2v) is 9.20. The van der Waals surface area contributed by atoms with Gasteiger partial charge in [0.05, 0.1) is 12.7 Å². The molecule has 0 atom stereocenters. The van der Waals surface area contributed by atoms with E-state index < -0.39 is 5.97 Å². The number of rotatable bonds is 4. The van der Waals surface area contributed by atoms with Crippen molar-refractivity contribution < 1.29 is 28.2 Å². The molecule has 7 nitrogen and oxygen atoms in total. The van der Waals surface area contributed by atoms with Crippen molar-refractivity contribution in [3.05, 3.63) is 94.0 Å². The van der Waals surface area contributed by atoms with Crippen LogP contribution in [0.5, 0.6) is 17.2 Å². The van der Waals surface area contributed by atoms with Crippen LogP contribution in [-0.4, -0.2) is 23.4 Å². The zero-order valence-corrected chi connectivity index (χ0v) is 20.9. The summed E-state index contributed by atoms with van der Waals surface area (Å²) in [6.07, 6.45) is 3.64. The number of Topliss-reactive ketones (excluding diaryl/α,β-unsaturated/α-hetero) is 1. The monoisotopic (exact) mass is 513 g/mol. The summed E-state index contributed by atoms with van der Waals surface area (Å²) in [5, 5.41) is 2.16. The summed E-state index contributed by atoms with van der Waals surface area (Å²) in [7, 11) is 3.55. The standard InChI is InChI=1S/C29H20ClNO6/c1-15-23(37-29(33)26-11-16-10-18(30)4-8-24(16)35-26)9-6-20-27(32)25(36-28(15)20)12-17-14-31(2)22-7-5-19(34-3)13-21(17)22/h4-14H,1-3H3/b25-12-. The van der Waals surface area contributed by atoms with Gasteiger partial charge in [0.1, 0.15) is 22.8 Å². The summed E-state index contributed by atoms with van der Waals surface area (Å²) < 4.78 is 24.5. The number of nitrogens with zero attached hydrogens (tertiary/aromatic N) is 1. The van der Waals surface area contributed by atoms with Gasteiger partial charge < -0.3 is 23.2 Å². The molecule has 0 spiro atoms. The first kappa shape index (κ1) is 22.9. The molecule has 0 saturated carbocycles. The molecular formula is C29H20ClNO6. The van der Waals surface area contributed by atoms with E-state index in [1.807, 2.05) is 36.0 Å². The third-order valence-electron chi connectivity index (χ3n) is 6.43. The van der Waals surface area contributed by atoms with E-state index in [9.17, 15) is 9.59 Å². The number of aryl methyl sites for hydroxylation is 1. The number of allylic oxidation sites excluding steroid dienone is 1. The van der Waals surface area contributed by atoms with Gasteiger partial charge in [-0.1, -0.05) is 11.6 Å². The van der Waals surface area contributed by atoms with Crippen LogP contribution in [0, 0.1) is 6.92 Å². The highest BCUT2D eigenvalue weighted by Crippen LogP contribution is 2.40. The molecular weight excluding hydrogens is 494 g/mol. The molecule has 3 aromatic carbocycles. The number of furan rings is 1. The number of esters is 1. The number of hydrogen-bond acceptors (Lipinski definition) is 6. The van der Waals surface area contributed by atoms with E-state index in [1.54, 1.807) is 56.5 Å². The van der Waals surface area contributed by atoms with Gasteiger partial charge in [0, 0.05) is 45.7 Å². The normalized spacial score (nSPS) is 13.8. The van der Waals surface area contributed by atoms with Crippen LogP contribution >= 0.6 is 11.6 Å². The Morgan fingerprint density at radius 2 is 1.92 bits per heavy atom. The lowest BCUT2D eigenvalue weighted by molar-refractivity contribution is 0.0702. The van der Waals surface area contributed by atoms with Crippen LogP contribution in [0.4, 0.5) is 0 Å². The van der Waals surface area contributed by atoms with Crippen molar-refractivity contribution in [3.63, 3.8) is 0 Å². The molecule has 0 radical (unpaired) electrons. The van der Waals surface area contributed by atoms with Crippen molar-refractivity contribution in [2.45, 2.75) is 6.92 Å². The molecule has 0 bridgehead atoms. The van der Waals surface area contributed by atoms with E-state index in [-0.39, 0.29) is 23.1 Å². The summed E-state index contributed by atoms with van der Waals surface area (Å²) in [4.78, 5) is 25.9. The fourth-order valence-corrected chi connectivity index (χ4v) is 4.71. The second kappa shape index (κ2) is 8.57. The van der Waals surface area contributed by atoms with Gasteiger partial charge >= 0.3 is 5.97 Å². The van der Waals surface area contributed by atoms with E-state index in [0.717, 1.165) is 22.2 Å². The highest BCUT2D eigenvalue weighted by Gasteiger charge is 2.31. The van der Waals surface area contributed by atoms with Gasteiger partial charge in [-0.2, -0.15) is 0 Å². The van der Waals surface area contributed by atoms with Gasteiger partial charge in [-0.3, -0.25) is 4.79 Å². The summed E-state index contributed by atoms with van der Waals surface area (Å²) in [5.41, 5.74) is 3.27. The lowest BCUT2D eigenvalue weighted by Crippen LogP contribution is -2.08. The Bertz CT molecular complexity index is 1790. The first-order chi connectivity index (χ1) is 17.8. The lowest BCUT2D eigenvalue weighted by Gasteiger charge is -2.09. The molecule has 0 N–H and O–H groups in total. The molecule has 0 aliphatic carbocycles. The molecule has 37 heavy (non-hydrogen) atoms. The van der Waals surface area contributed by atoms with E-state index in [4.69, 9.17) is 30.2 Å². The number of methoxy groups -OCH3 is 1. The Morgan fingerprint density at radius 1 is 1.08 bits per heavy atom. The average molecular weight is 514 g/mol. The summed E-state index contributed by atoms with van der Waals surface area (Å²) in [5.74, 6) is 0.662. The minimum atomic E-state index is -0.667. The number of hydrogen-bond donors (Lipinski definition) is 0. The Hall–Kier alpha value is -4.49. The Labute approximate surface area is 216 Å². The van der Waals surface area contributed by atoms with E-state index >= 15 is 0 Å². The summed E-state index contributed by atoms with van der Waals surface area (Å²) in [6.45, 7) is 1.73. The number of ketones is 1. The fraction of sp³-hybridized carbons (Fsp3) is 0.103. The predicted molar refractivity (Wildman–Crippen MR) is 140 cm³/mol. The topological polar surface area (TPSA) is 79.9 Å². The Balaban J connectivity index is 1.30. The molecule has 1 aliphatic heterocycles. The maximum atomic E-state index is 13.1. The van der Waals surface area contributed by atoms with E-state index in [1.165, 1.54) is 0 Å². The van der Waals surface area contributed by atoms with Gasteiger partial charge in [-0.25, -0.2) is 4.79 Å². The number of ether oxygens (including phenoxy) is 3. The maximum absolute atomic E-state index is 13.1. The van der Waals surface area contributed by atoms with Crippen molar-refractivity contribution in [1.82, 2.24) is 4.57 Å². The van der Waals surface area contributed by atoms with Crippen molar-refractivity contribution in [3.8, 4) is 17.2 Å².